The van der Waals surface area contributed by atoms with E-state index >= 15 is 0 Å². The van der Waals surface area contributed by atoms with Crippen molar-refractivity contribution in [2.24, 2.45) is 0 Å². The third-order valence-electron chi connectivity index (χ3n) is 3.04. The number of hydrogen-bond acceptors (Lipinski definition) is 5. The molecule has 0 aliphatic heterocycles. The zero-order valence-corrected chi connectivity index (χ0v) is 11.1. The van der Waals surface area contributed by atoms with Crippen LogP contribution < -0.4 is 0 Å². The van der Waals surface area contributed by atoms with Crippen LogP contribution in [0.1, 0.15) is 33.3 Å². The lowest BCUT2D eigenvalue weighted by Gasteiger charge is -2.01. The summed E-state index contributed by atoms with van der Waals surface area (Å²) in [7, 11) is 1.19. The number of non-ortho nitro benzene ring substituents is 1. The first-order chi connectivity index (χ1) is 9.36. The van der Waals surface area contributed by atoms with Gasteiger partial charge in [0.1, 0.15) is 5.52 Å². The number of H-pyrrole nitrogens is 1. The number of benzene rings is 1. The predicted octanol–water partition coefficient (Wildman–Crippen LogP) is 2.37. The Morgan fingerprint density at radius 2 is 2.00 bits per heavy atom. The minimum atomic E-state index is -0.691. The second-order valence-corrected chi connectivity index (χ2v) is 4.35. The highest BCUT2D eigenvalue weighted by Crippen LogP contribution is 2.31. The first-order valence-electron chi connectivity index (χ1n) is 5.76. The molecule has 0 bridgehead atoms. The van der Waals surface area contributed by atoms with Crippen LogP contribution in [0.15, 0.2) is 12.1 Å². The van der Waals surface area contributed by atoms with Crippen molar-refractivity contribution in [2.75, 3.05) is 7.11 Å². The molecular formula is C13H12N2O5. The van der Waals surface area contributed by atoms with Crippen LogP contribution in [0.3, 0.4) is 0 Å². The van der Waals surface area contributed by atoms with Crippen molar-refractivity contribution in [3.8, 4) is 0 Å². The summed E-state index contributed by atoms with van der Waals surface area (Å²) in [5.41, 5.74) is 0.864. The standard InChI is InChI=1S/C13H12N2O5/c1-6-11(7(2)16)9-4-8(13(17)20-3)5-10(15(18)19)12(9)14-6/h4-5,14H,1-3H3. The highest BCUT2D eigenvalue weighted by molar-refractivity contribution is 6.11. The van der Waals surface area contributed by atoms with Crippen molar-refractivity contribution >= 4 is 28.3 Å². The monoisotopic (exact) mass is 276 g/mol. The van der Waals surface area contributed by atoms with E-state index in [9.17, 15) is 19.7 Å². The molecule has 1 N–H and O–H groups in total. The number of aromatic nitrogens is 1. The van der Waals surface area contributed by atoms with E-state index in [1.807, 2.05) is 0 Å². The zero-order chi connectivity index (χ0) is 15.0. The number of carbonyl (C=O) groups excluding carboxylic acids is 2. The molecule has 20 heavy (non-hydrogen) atoms. The third-order valence-corrected chi connectivity index (χ3v) is 3.04. The summed E-state index contributed by atoms with van der Waals surface area (Å²) in [4.78, 5) is 36.6. The molecule has 2 aromatic rings. The number of rotatable bonds is 3. The number of fused-ring (bicyclic) bond motifs is 1. The number of hydrogen-bond donors (Lipinski definition) is 1. The number of nitrogens with one attached hydrogen (secondary N) is 1. The zero-order valence-electron chi connectivity index (χ0n) is 11.1. The van der Waals surface area contributed by atoms with Gasteiger partial charge in [-0.25, -0.2) is 4.79 Å². The Kier molecular flexibility index (Phi) is 3.27. The summed E-state index contributed by atoms with van der Waals surface area (Å²) < 4.78 is 4.57. The normalized spacial score (nSPS) is 10.6. The van der Waals surface area contributed by atoms with Crippen molar-refractivity contribution in [1.82, 2.24) is 4.98 Å². The Labute approximate surface area is 113 Å². The first-order valence-corrected chi connectivity index (χ1v) is 5.76. The molecule has 104 valence electrons. The largest absolute Gasteiger partial charge is 0.465 e. The van der Waals surface area contributed by atoms with E-state index in [0.717, 1.165) is 6.07 Å². The molecule has 0 aliphatic carbocycles. The lowest BCUT2D eigenvalue weighted by atomic mass is 10.0. The summed E-state index contributed by atoms with van der Waals surface area (Å²) in [6, 6.07) is 2.56. The molecule has 0 saturated heterocycles. The van der Waals surface area contributed by atoms with E-state index in [4.69, 9.17) is 0 Å². The number of aromatic amines is 1. The average Bonchev–Trinajstić information content (AvgIpc) is 2.71. The second-order valence-electron chi connectivity index (χ2n) is 4.35. The number of Topliss-reactive ketones (excluding diaryl/α,β-unsaturated/α-hetero) is 1. The first kappa shape index (κ1) is 13.7. The van der Waals surface area contributed by atoms with Crippen LogP contribution >= 0.6 is 0 Å². The van der Waals surface area contributed by atoms with Crippen LogP contribution in [0.5, 0.6) is 0 Å². The molecule has 7 heteroatoms. The van der Waals surface area contributed by atoms with Gasteiger partial charge in [-0.1, -0.05) is 0 Å². The Bertz CT molecular complexity index is 745. The van der Waals surface area contributed by atoms with Crippen LogP contribution in [-0.2, 0) is 4.74 Å². The van der Waals surface area contributed by atoms with Gasteiger partial charge in [0.25, 0.3) is 5.69 Å². The number of nitro groups is 1. The van der Waals surface area contributed by atoms with Crippen molar-refractivity contribution in [2.45, 2.75) is 13.8 Å². The van der Waals surface area contributed by atoms with Crippen molar-refractivity contribution in [1.29, 1.82) is 0 Å². The van der Waals surface area contributed by atoms with Crippen LogP contribution in [0, 0.1) is 17.0 Å². The average molecular weight is 276 g/mol. The molecular weight excluding hydrogens is 264 g/mol. The fraction of sp³-hybridized carbons (Fsp3) is 0.231. The number of aryl methyl sites for hydroxylation is 1. The van der Waals surface area contributed by atoms with Gasteiger partial charge in [-0.15, -0.1) is 0 Å². The number of nitrogens with zero attached hydrogens (tertiary/aromatic N) is 1. The number of nitro benzene ring substituents is 1. The summed E-state index contributed by atoms with van der Waals surface area (Å²) in [6.45, 7) is 3.02. The summed E-state index contributed by atoms with van der Waals surface area (Å²) in [5.74, 6) is -0.923. The van der Waals surface area contributed by atoms with Gasteiger partial charge in [-0.3, -0.25) is 14.9 Å². The van der Waals surface area contributed by atoms with Gasteiger partial charge in [0.05, 0.1) is 17.6 Å². The fourth-order valence-corrected chi connectivity index (χ4v) is 2.24. The Morgan fingerprint density at radius 3 is 2.50 bits per heavy atom. The summed E-state index contributed by atoms with van der Waals surface area (Å²) in [6.07, 6.45) is 0. The number of ether oxygens (including phenoxy) is 1. The SMILES string of the molecule is COC(=O)c1cc([N+](=O)[O-])c2[nH]c(C)c(C(C)=O)c2c1. The van der Waals surface area contributed by atoms with E-state index in [0.29, 0.717) is 16.6 Å². The minimum Gasteiger partial charge on any atom is -0.465 e. The van der Waals surface area contributed by atoms with E-state index in [1.165, 1.54) is 20.1 Å². The van der Waals surface area contributed by atoms with Crippen LogP contribution in [0.2, 0.25) is 0 Å². The number of ketones is 1. The molecule has 0 amide bonds. The quantitative estimate of drug-likeness (QED) is 0.401. The maximum Gasteiger partial charge on any atom is 0.338 e. The van der Waals surface area contributed by atoms with E-state index in [-0.39, 0.29) is 22.6 Å². The topological polar surface area (TPSA) is 102 Å². The van der Waals surface area contributed by atoms with Gasteiger partial charge in [0, 0.05) is 22.7 Å². The van der Waals surface area contributed by atoms with Gasteiger partial charge in [0.2, 0.25) is 0 Å². The van der Waals surface area contributed by atoms with Crippen molar-refractivity contribution in [3.63, 3.8) is 0 Å². The second kappa shape index (κ2) is 4.76. The Morgan fingerprint density at radius 1 is 1.35 bits per heavy atom. The summed E-state index contributed by atoms with van der Waals surface area (Å²) in [5, 5.41) is 11.5. The molecule has 0 aliphatic rings. The molecule has 0 unspecified atom stereocenters. The van der Waals surface area contributed by atoms with Crippen molar-refractivity contribution < 1.29 is 19.2 Å². The summed E-state index contributed by atoms with van der Waals surface area (Å²) >= 11 is 0. The molecule has 1 aromatic heterocycles. The highest BCUT2D eigenvalue weighted by atomic mass is 16.6. The lowest BCUT2D eigenvalue weighted by Crippen LogP contribution is -2.03. The Balaban J connectivity index is 2.90. The van der Waals surface area contributed by atoms with E-state index in [1.54, 1.807) is 6.92 Å². The maximum atomic E-state index is 11.7. The molecule has 0 atom stereocenters. The van der Waals surface area contributed by atoms with Crippen molar-refractivity contribution in [3.05, 3.63) is 39.1 Å². The smallest absolute Gasteiger partial charge is 0.338 e. The molecule has 1 heterocycles. The van der Waals surface area contributed by atoms with E-state index in [2.05, 4.69) is 9.72 Å². The van der Waals surface area contributed by atoms with Gasteiger partial charge in [-0.2, -0.15) is 0 Å². The molecule has 0 saturated carbocycles. The number of esters is 1. The van der Waals surface area contributed by atoms with Gasteiger partial charge in [-0.05, 0) is 19.9 Å². The molecule has 2 rings (SSSR count). The van der Waals surface area contributed by atoms with Gasteiger partial charge in [0.15, 0.2) is 5.78 Å². The van der Waals surface area contributed by atoms with Gasteiger partial charge < -0.3 is 9.72 Å². The fourth-order valence-electron chi connectivity index (χ4n) is 2.24. The van der Waals surface area contributed by atoms with Gasteiger partial charge >= 0.3 is 5.97 Å². The van der Waals surface area contributed by atoms with Crippen LogP contribution in [0.4, 0.5) is 5.69 Å². The highest BCUT2D eigenvalue weighted by Gasteiger charge is 2.23. The van der Waals surface area contributed by atoms with Crippen LogP contribution in [0.25, 0.3) is 10.9 Å². The minimum absolute atomic E-state index is 0.0354. The van der Waals surface area contributed by atoms with Crippen LogP contribution in [-0.4, -0.2) is 28.8 Å². The molecule has 0 spiro atoms. The molecule has 1 aromatic carbocycles. The molecule has 0 fully saturated rings. The number of carbonyl (C=O) groups is 2. The number of methoxy groups -OCH3 is 1. The molecule has 0 radical (unpaired) electrons. The Hall–Kier alpha value is -2.70. The molecule has 7 nitrogen and oxygen atoms in total. The lowest BCUT2D eigenvalue weighted by molar-refractivity contribution is -0.383. The maximum absolute atomic E-state index is 11.7. The van der Waals surface area contributed by atoms with E-state index < -0.39 is 10.9 Å². The predicted molar refractivity (Wildman–Crippen MR) is 71.0 cm³/mol. The third kappa shape index (κ3) is 2.03.